The van der Waals surface area contributed by atoms with Crippen molar-refractivity contribution in [2.75, 3.05) is 0 Å². The average molecular weight is 243 g/mol. The van der Waals surface area contributed by atoms with Crippen molar-refractivity contribution in [1.82, 2.24) is 0 Å². The summed E-state index contributed by atoms with van der Waals surface area (Å²) in [6.07, 6.45) is 5.28. The molecule has 4 atom stereocenters. The fourth-order valence-electron chi connectivity index (χ4n) is 3.35. The van der Waals surface area contributed by atoms with E-state index in [0.29, 0.717) is 23.0 Å². The van der Waals surface area contributed by atoms with E-state index < -0.39 is 10.5 Å². The smallest absolute Gasteiger partial charge is 0.249 e. The maximum Gasteiger partial charge on any atom is 0.249 e. The van der Waals surface area contributed by atoms with Crippen LogP contribution in [-0.4, -0.2) is 10.5 Å². The molecule has 15 heavy (non-hydrogen) atoms. The average Bonchev–Trinajstić information content (AvgIpc) is 2.58. The molecule has 0 heterocycles. The molecule has 0 saturated heterocycles. The Bertz CT molecular complexity index is 398. The molecule has 0 aromatic rings. The first-order valence-corrected chi connectivity index (χ1v) is 5.69. The molecule has 3 aliphatic carbocycles. The summed E-state index contributed by atoms with van der Waals surface area (Å²) in [7, 11) is 0. The van der Waals surface area contributed by atoms with Gasteiger partial charge in [0, 0.05) is 23.0 Å². The number of hydrogen-bond donors (Lipinski definition) is 0. The van der Waals surface area contributed by atoms with Crippen LogP contribution in [0.25, 0.3) is 0 Å². The third-order valence-electron chi connectivity index (χ3n) is 3.84. The molecule has 1 fully saturated rings. The van der Waals surface area contributed by atoms with Crippen LogP contribution in [0.2, 0.25) is 0 Å². The Morgan fingerprint density at radius 1 is 1.00 bits per heavy atom. The van der Waals surface area contributed by atoms with Gasteiger partial charge in [-0.2, -0.15) is 0 Å². The molecule has 2 bridgehead atoms. The van der Waals surface area contributed by atoms with Gasteiger partial charge >= 0.3 is 0 Å². The van der Waals surface area contributed by atoms with E-state index in [1.54, 1.807) is 0 Å². The number of carbonyl (C=O) groups is 2. The summed E-state index contributed by atoms with van der Waals surface area (Å²) in [5.74, 6) is 1.08. The van der Waals surface area contributed by atoms with Crippen molar-refractivity contribution < 1.29 is 9.59 Å². The molecule has 3 aliphatic rings. The van der Waals surface area contributed by atoms with E-state index in [1.807, 2.05) is 0 Å². The molecule has 0 amide bonds. The van der Waals surface area contributed by atoms with Gasteiger partial charge < -0.3 is 0 Å². The fraction of sp³-hybridized carbons (Fsp3) is 0.455. The third-order valence-corrected chi connectivity index (χ3v) is 4.25. The predicted octanol–water partition coefficient (Wildman–Crippen LogP) is 2.27. The number of halogens is 2. The van der Waals surface area contributed by atoms with Crippen LogP contribution < -0.4 is 0 Å². The van der Waals surface area contributed by atoms with E-state index in [9.17, 15) is 9.59 Å². The summed E-state index contributed by atoms with van der Waals surface area (Å²) in [6, 6.07) is 0. The second-order valence-corrected chi connectivity index (χ2v) is 5.06. The topological polar surface area (TPSA) is 34.1 Å². The molecule has 0 N–H and O–H groups in total. The molecule has 0 unspecified atom stereocenters. The van der Waals surface area contributed by atoms with Gasteiger partial charge in [-0.15, -0.1) is 0 Å². The molecule has 0 aromatic heterocycles. The normalized spacial score (nSPS) is 40.4. The summed E-state index contributed by atoms with van der Waals surface area (Å²) in [5.41, 5.74) is 0.942. The largest absolute Gasteiger partial charge is 0.276 e. The molecule has 78 valence electrons. The second-order valence-electron chi connectivity index (χ2n) is 4.37. The van der Waals surface area contributed by atoms with Crippen molar-refractivity contribution in [2.24, 2.45) is 23.7 Å². The van der Waals surface area contributed by atoms with Crippen molar-refractivity contribution in [3.05, 3.63) is 23.3 Å². The van der Waals surface area contributed by atoms with Gasteiger partial charge in [-0.05, 0) is 41.5 Å². The lowest BCUT2D eigenvalue weighted by molar-refractivity contribution is -0.113. The molecule has 0 spiro atoms. The van der Waals surface area contributed by atoms with Crippen molar-refractivity contribution in [1.29, 1.82) is 0 Å². The van der Waals surface area contributed by atoms with E-state index in [2.05, 4.69) is 12.2 Å². The third kappa shape index (κ3) is 1.07. The second kappa shape index (κ2) is 2.96. The number of allylic oxidation sites excluding steroid dienone is 4. The number of hydrogen-bond acceptors (Lipinski definition) is 2. The van der Waals surface area contributed by atoms with Gasteiger partial charge in [-0.25, -0.2) is 0 Å². The highest BCUT2D eigenvalue weighted by Gasteiger charge is 2.57. The predicted molar refractivity (Wildman–Crippen MR) is 56.5 cm³/mol. The van der Waals surface area contributed by atoms with Crippen LogP contribution >= 0.6 is 23.2 Å². The molecular weight excluding hydrogens is 235 g/mol. The Morgan fingerprint density at radius 3 is 1.73 bits per heavy atom. The van der Waals surface area contributed by atoms with Crippen LogP contribution in [-0.2, 0) is 9.59 Å². The van der Waals surface area contributed by atoms with Crippen molar-refractivity contribution in [3.8, 4) is 0 Å². The van der Waals surface area contributed by atoms with E-state index in [0.717, 1.165) is 6.42 Å². The minimum Gasteiger partial charge on any atom is -0.276 e. The Kier molecular flexibility index (Phi) is 1.89. The zero-order valence-electron chi connectivity index (χ0n) is 7.74. The lowest BCUT2D eigenvalue weighted by Gasteiger charge is -2.39. The van der Waals surface area contributed by atoms with Crippen LogP contribution in [0.1, 0.15) is 6.42 Å². The maximum absolute atomic E-state index is 11.2. The molecule has 4 heteroatoms. The van der Waals surface area contributed by atoms with Crippen LogP contribution in [0.5, 0.6) is 0 Å². The van der Waals surface area contributed by atoms with Crippen molar-refractivity contribution in [3.63, 3.8) is 0 Å². The standard InChI is InChI=1S/C11H8Cl2O2/c12-10(14)8-6-4-1-2-5(3-4)7(6)9(8)11(13)15/h1-2,4-7H,3H2/t4-,5+,6+,7-. The SMILES string of the molecule is O=C(Cl)C1=C(C(=O)Cl)[C@H]2[C@@H]1[C@@H]1C=C[C@H]2C1. The van der Waals surface area contributed by atoms with Crippen LogP contribution in [0.3, 0.4) is 0 Å². The van der Waals surface area contributed by atoms with Gasteiger partial charge in [0.2, 0.25) is 10.5 Å². The van der Waals surface area contributed by atoms with Crippen molar-refractivity contribution >= 4 is 33.7 Å². The van der Waals surface area contributed by atoms with Gasteiger partial charge in [0.25, 0.3) is 0 Å². The Hall–Kier alpha value is -0.600. The minimum atomic E-state index is -0.513. The number of carbonyl (C=O) groups excluding carboxylic acids is 2. The zero-order chi connectivity index (χ0) is 10.7. The number of fused-ring (bicyclic) bond motifs is 5. The Morgan fingerprint density at radius 2 is 1.40 bits per heavy atom. The van der Waals surface area contributed by atoms with Gasteiger partial charge in [-0.1, -0.05) is 12.2 Å². The summed E-state index contributed by atoms with van der Waals surface area (Å²) in [6.45, 7) is 0. The van der Waals surface area contributed by atoms with E-state index in [1.165, 1.54) is 0 Å². The molecule has 3 rings (SSSR count). The van der Waals surface area contributed by atoms with Gasteiger partial charge in [0.15, 0.2) is 0 Å². The van der Waals surface area contributed by atoms with Gasteiger partial charge in [0.05, 0.1) is 0 Å². The molecule has 2 nitrogen and oxygen atoms in total. The summed E-state index contributed by atoms with van der Waals surface area (Å²) < 4.78 is 0. The summed E-state index contributed by atoms with van der Waals surface area (Å²) in [4.78, 5) is 22.5. The lowest BCUT2D eigenvalue weighted by atomic mass is 9.64. The highest BCUT2D eigenvalue weighted by Crippen LogP contribution is 2.61. The first kappa shape index (κ1) is 9.61. The summed E-state index contributed by atoms with van der Waals surface area (Å²) in [5, 5.41) is -1.03. The van der Waals surface area contributed by atoms with E-state index in [4.69, 9.17) is 23.2 Å². The van der Waals surface area contributed by atoms with Gasteiger partial charge in [-0.3, -0.25) is 9.59 Å². The van der Waals surface area contributed by atoms with Gasteiger partial charge in [0.1, 0.15) is 0 Å². The first-order valence-electron chi connectivity index (χ1n) is 4.93. The molecule has 1 saturated carbocycles. The summed E-state index contributed by atoms with van der Waals surface area (Å²) >= 11 is 11.0. The molecule has 0 aliphatic heterocycles. The first-order chi connectivity index (χ1) is 7.11. The Labute approximate surface area is 96.9 Å². The maximum atomic E-state index is 11.2. The van der Waals surface area contributed by atoms with Crippen molar-refractivity contribution in [2.45, 2.75) is 6.42 Å². The number of rotatable bonds is 2. The van der Waals surface area contributed by atoms with Crippen LogP contribution in [0.15, 0.2) is 23.3 Å². The lowest BCUT2D eigenvalue weighted by Crippen LogP contribution is -2.38. The van der Waals surface area contributed by atoms with E-state index in [-0.39, 0.29) is 11.8 Å². The fourth-order valence-corrected chi connectivity index (χ4v) is 3.80. The zero-order valence-corrected chi connectivity index (χ0v) is 9.26. The Balaban J connectivity index is 2.07. The minimum absolute atomic E-state index is 0.155. The van der Waals surface area contributed by atoms with Crippen LogP contribution in [0, 0.1) is 23.7 Å². The van der Waals surface area contributed by atoms with E-state index >= 15 is 0 Å². The molecule has 0 aromatic carbocycles. The molecular formula is C11H8Cl2O2. The quantitative estimate of drug-likeness (QED) is 0.550. The highest BCUT2D eigenvalue weighted by molar-refractivity contribution is 6.72. The monoisotopic (exact) mass is 242 g/mol. The molecule has 0 radical (unpaired) electrons. The van der Waals surface area contributed by atoms with Crippen LogP contribution in [0.4, 0.5) is 0 Å². The highest BCUT2D eigenvalue weighted by atomic mass is 35.5.